The summed E-state index contributed by atoms with van der Waals surface area (Å²) in [4.78, 5) is 11.5. The van der Waals surface area contributed by atoms with Gasteiger partial charge in [-0.2, -0.15) is 0 Å². The van der Waals surface area contributed by atoms with Gasteiger partial charge in [-0.1, -0.05) is 6.07 Å². The average Bonchev–Trinajstić information content (AvgIpc) is 2.37. The molecule has 0 aliphatic rings. The number of carbonyl (C=O) groups is 1. The highest BCUT2D eigenvalue weighted by molar-refractivity contribution is 5.82. The molecule has 0 saturated heterocycles. The van der Waals surface area contributed by atoms with Crippen molar-refractivity contribution in [3.63, 3.8) is 0 Å². The Morgan fingerprint density at radius 3 is 2.47 bits per heavy atom. The summed E-state index contributed by atoms with van der Waals surface area (Å²) >= 11 is 0. The second-order valence-electron chi connectivity index (χ2n) is 3.33. The Hall–Kier alpha value is -1.79. The van der Waals surface area contributed by atoms with Crippen molar-refractivity contribution in [1.29, 1.82) is 0 Å². The van der Waals surface area contributed by atoms with Crippen LogP contribution in [0, 0.1) is 0 Å². The van der Waals surface area contributed by atoms with Crippen molar-refractivity contribution in [3.05, 3.63) is 23.8 Å². The van der Waals surface area contributed by atoms with E-state index in [2.05, 4.69) is 10.9 Å². The van der Waals surface area contributed by atoms with Crippen LogP contribution in [0.25, 0.3) is 0 Å². The Balaban J connectivity index is 2.95. The molecule has 6 heteroatoms. The molecule has 1 aromatic carbocycles. The molecule has 0 heterocycles. The largest absolute Gasteiger partial charge is 0.493 e. The van der Waals surface area contributed by atoms with Crippen molar-refractivity contribution < 1.29 is 14.3 Å². The normalized spacial score (nSPS) is 11.8. The Bertz CT molecular complexity index is 396. The molecule has 17 heavy (non-hydrogen) atoms. The highest BCUT2D eigenvalue weighted by Gasteiger charge is 2.17. The molecule has 0 aliphatic carbocycles. The molecule has 1 amide bonds. The van der Waals surface area contributed by atoms with E-state index >= 15 is 0 Å². The SMILES string of the molecule is CNNC(=O)C(N)c1ccc(OC)c(OC)c1. The predicted molar refractivity (Wildman–Crippen MR) is 63.7 cm³/mol. The molecule has 0 aromatic heterocycles. The Kier molecular flexibility index (Phi) is 4.74. The second-order valence-corrected chi connectivity index (χ2v) is 3.33. The molecular weight excluding hydrogens is 222 g/mol. The third kappa shape index (κ3) is 3.08. The highest BCUT2D eigenvalue weighted by atomic mass is 16.5. The lowest BCUT2D eigenvalue weighted by molar-refractivity contribution is -0.123. The number of rotatable bonds is 5. The van der Waals surface area contributed by atoms with Gasteiger partial charge in [0, 0.05) is 7.05 Å². The number of hydrazine groups is 1. The van der Waals surface area contributed by atoms with Crippen LogP contribution in [0.4, 0.5) is 0 Å². The molecule has 1 unspecified atom stereocenters. The van der Waals surface area contributed by atoms with Crippen molar-refractivity contribution in [2.45, 2.75) is 6.04 Å². The summed E-state index contributed by atoms with van der Waals surface area (Å²) < 4.78 is 10.2. The number of nitrogens with one attached hydrogen (secondary N) is 2. The zero-order valence-corrected chi connectivity index (χ0v) is 10.1. The third-order valence-electron chi connectivity index (χ3n) is 2.30. The van der Waals surface area contributed by atoms with Crippen LogP contribution in [-0.4, -0.2) is 27.2 Å². The molecule has 1 atom stereocenters. The lowest BCUT2D eigenvalue weighted by Gasteiger charge is -2.14. The van der Waals surface area contributed by atoms with E-state index in [9.17, 15) is 4.79 Å². The van der Waals surface area contributed by atoms with Gasteiger partial charge in [-0.15, -0.1) is 0 Å². The van der Waals surface area contributed by atoms with Crippen LogP contribution in [0.3, 0.4) is 0 Å². The standard InChI is InChI=1S/C11H17N3O3/c1-13-14-11(15)10(12)7-4-5-8(16-2)9(6-7)17-3/h4-6,10,13H,12H2,1-3H3,(H,14,15). The van der Waals surface area contributed by atoms with Crippen molar-refractivity contribution in [2.75, 3.05) is 21.3 Å². The van der Waals surface area contributed by atoms with E-state index in [0.717, 1.165) is 0 Å². The minimum atomic E-state index is -0.762. The van der Waals surface area contributed by atoms with Gasteiger partial charge in [0.05, 0.1) is 14.2 Å². The summed E-state index contributed by atoms with van der Waals surface area (Å²) in [5.41, 5.74) is 11.4. The highest BCUT2D eigenvalue weighted by Crippen LogP contribution is 2.29. The topological polar surface area (TPSA) is 85.6 Å². The van der Waals surface area contributed by atoms with E-state index in [1.54, 1.807) is 32.4 Å². The van der Waals surface area contributed by atoms with Gasteiger partial charge in [0.1, 0.15) is 6.04 Å². The molecule has 0 saturated carbocycles. The van der Waals surface area contributed by atoms with Gasteiger partial charge in [-0.25, -0.2) is 5.43 Å². The second kappa shape index (κ2) is 6.07. The monoisotopic (exact) mass is 239 g/mol. The van der Waals surface area contributed by atoms with E-state index in [1.165, 1.54) is 7.11 Å². The lowest BCUT2D eigenvalue weighted by atomic mass is 10.1. The van der Waals surface area contributed by atoms with E-state index in [0.29, 0.717) is 17.1 Å². The van der Waals surface area contributed by atoms with Crippen LogP contribution in [0.5, 0.6) is 11.5 Å². The van der Waals surface area contributed by atoms with E-state index in [4.69, 9.17) is 15.2 Å². The first-order valence-electron chi connectivity index (χ1n) is 5.08. The molecule has 0 spiro atoms. The van der Waals surface area contributed by atoms with E-state index < -0.39 is 6.04 Å². The van der Waals surface area contributed by atoms with Crippen LogP contribution < -0.4 is 26.1 Å². The number of ether oxygens (including phenoxy) is 2. The summed E-state index contributed by atoms with van der Waals surface area (Å²) in [5, 5.41) is 0. The fraction of sp³-hybridized carbons (Fsp3) is 0.364. The molecule has 0 fully saturated rings. The Labute approximate surface area is 100 Å². The average molecular weight is 239 g/mol. The summed E-state index contributed by atoms with van der Waals surface area (Å²) in [6.07, 6.45) is 0. The van der Waals surface area contributed by atoms with E-state index in [1.807, 2.05) is 0 Å². The molecule has 0 aliphatic heterocycles. The summed E-state index contributed by atoms with van der Waals surface area (Å²) in [6.45, 7) is 0. The lowest BCUT2D eigenvalue weighted by Crippen LogP contribution is -2.40. The number of methoxy groups -OCH3 is 2. The van der Waals surface area contributed by atoms with Crippen molar-refractivity contribution in [1.82, 2.24) is 10.9 Å². The molecular formula is C11H17N3O3. The first-order valence-corrected chi connectivity index (χ1v) is 5.08. The minimum absolute atomic E-state index is 0.320. The van der Waals surface area contributed by atoms with Gasteiger partial charge in [0.2, 0.25) is 0 Å². The maximum absolute atomic E-state index is 11.5. The van der Waals surface area contributed by atoms with Crippen LogP contribution in [0.15, 0.2) is 18.2 Å². The van der Waals surface area contributed by atoms with E-state index in [-0.39, 0.29) is 5.91 Å². The first-order chi connectivity index (χ1) is 8.13. The van der Waals surface area contributed by atoms with Gasteiger partial charge in [0.15, 0.2) is 11.5 Å². The van der Waals surface area contributed by atoms with Gasteiger partial charge >= 0.3 is 0 Å². The number of hydrogen-bond acceptors (Lipinski definition) is 5. The number of benzene rings is 1. The molecule has 6 nitrogen and oxygen atoms in total. The minimum Gasteiger partial charge on any atom is -0.493 e. The zero-order chi connectivity index (χ0) is 12.8. The Morgan fingerprint density at radius 1 is 1.29 bits per heavy atom. The first kappa shape index (κ1) is 13.3. The van der Waals surface area contributed by atoms with Crippen molar-refractivity contribution in [2.24, 2.45) is 5.73 Å². The quantitative estimate of drug-likeness (QED) is 0.627. The fourth-order valence-corrected chi connectivity index (χ4v) is 1.40. The molecule has 0 bridgehead atoms. The predicted octanol–water partition coefficient (Wildman–Crippen LogP) is -0.0458. The Morgan fingerprint density at radius 2 is 1.94 bits per heavy atom. The van der Waals surface area contributed by atoms with Crippen LogP contribution in [0.2, 0.25) is 0 Å². The number of amides is 1. The molecule has 4 N–H and O–H groups in total. The number of nitrogens with two attached hydrogens (primary N) is 1. The molecule has 94 valence electrons. The van der Waals surface area contributed by atoms with Gasteiger partial charge in [0.25, 0.3) is 5.91 Å². The van der Waals surface area contributed by atoms with Gasteiger partial charge in [-0.3, -0.25) is 10.2 Å². The summed E-state index contributed by atoms with van der Waals surface area (Å²) in [5.74, 6) is 0.815. The molecule has 1 rings (SSSR count). The summed E-state index contributed by atoms with van der Waals surface area (Å²) in [7, 11) is 4.67. The number of carbonyl (C=O) groups excluding carboxylic acids is 1. The summed E-state index contributed by atoms with van der Waals surface area (Å²) in [6, 6.07) is 4.35. The van der Waals surface area contributed by atoms with Crippen LogP contribution in [0.1, 0.15) is 11.6 Å². The van der Waals surface area contributed by atoms with Crippen LogP contribution >= 0.6 is 0 Å². The van der Waals surface area contributed by atoms with Crippen LogP contribution in [-0.2, 0) is 4.79 Å². The maximum atomic E-state index is 11.5. The molecule has 0 radical (unpaired) electrons. The number of hydrogen-bond donors (Lipinski definition) is 3. The zero-order valence-electron chi connectivity index (χ0n) is 10.1. The third-order valence-corrected chi connectivity index (χ3v) is 2.30. The molecule has 1 aromatic rings. The van der Waals surface area contributed by atoms with Gasteiger partial charge < -0.3 is 15.2 Å². The van der Waals surface area contributed by atoms with Crippen molar-refractivity contribution in [3.8, 4) is 11.5 Å². The maximum Gasteiger partial charge on any atom is 0.255 e. The van der Waals surface area contributed by atoms with Gasteiger partial charge in [-0.05, 0) is 17.7 Å². The van der Waals surface area contributed by atoms with Crippen molar-refractivity contribution >= 4 is 5.91 Å². The smallest absolute Gasteiger partial charge is 0.255 e. The fourth-order valence-electron chi connectivity index (χ4n) is 1.40.